The van der Waals surface area contributed by atoms with Gasteiger partial charge in [0.15, 0.2) is 5.78 Å². The fraction of sp³-hybridized carbons (Fsp3) is 0.542. The van der Waals surface area contributed by atoms with Gasteiger partial charge in [0, 0.05) is 36.5 Å². The number of fused-ring (bicyclic) bond motifs is 3. The third kappa shape index (κ3) is 3.99. The number of Topliss-reactive ketones (excluding diaryl/α,β-unsaturated/α-hetero) is 1. The van der Waals surface area contributed by atoms with Crippen molar-refractivity contribution in [2.45, 2.75) is 78.6 Å². The van der Waals surface area contributed by atoms with Crippen LogP contribution in [0.4, 0.5) is 0 Å². The van der Waals surface area contributed by atoms with E-state index in [-0.39, 0.29) is 45.8 Å². The summed E-state index contributed by atoms with van der Waals surface area (Å²) >= 11 is 0. The molecule has 0 radical (unpaired) electrons. The van der Waals surface area contributed by atoms with Gasteiger partial charge in [0.05, 0.1) is 11.5 Å². The molecule has 3 rings (SSSR count). The first-order valence-electron chi connectivity index (χ1n) is 10.9. The van der Waals surface area contributed by atoms with E-state index in [4.69, 9.17) is 13.9 Å². The third-order valence-corrected chi connectivity index (χ3v) is 6.14. The molecule has 0 saturated carbocycles. The Morgan fingerprint density at radius 1 is 1.28 bits per heavy atom. The molecule has 3 unspecified atom stereocenters. The summed E-state index contributed by atoms with van der Waals surface area (Å²) in [6.45, 7) is 9.99. The lowest BCUT2D eigenvalue weighted by molar-refractivity contribution is -0.146. The van der Waals surface area contributed by atoms with Crippen molar-refractivity contribution >= 4 is 22.7 Å². The van der Waals surface area contributed by atoms with Gasteiger partial charge in [0.1, 0.15) is 34.4 Å². The summed E-state index contributed by atoms with van der Waals surface area (Å²) < 4.78 is 16.9. The lowest BCUT2D eigenvalue weighted by Gasteiger charge is -2.38. The first kappa shape index (κ1) is 23.8. The van der Waals surface area contributed by atoms with Crippen molar-refractivity contribution in [2.24, 2.45) is 5.92 Å². The summed E-state index contributed by atoms with van der Waals surface area (Å²) in [5.74, 6) is -1.56. The molecule has 0 saturated heterocycles. The smallest absolute Gasteiger partial charge is 0.336 e. The first-order chi connectivity index (χ1) is 14.9. The van der Waals surface area contributed by atoms with Crippen LogP contribution in [0.3, 0.4) is 0 Å². The number of phenols is 1. The Morgan fingerprint density at radius 2 is 1.94 bits per heavy atom. The summed E-state index contributed by atoms with van der Waals surface area (Å²) in [5, 5.41) is 22.1. The summed E-state index contributed by atoms with van der Waals surface area (Å²) in [6.07, 6.45) is -0.857. The molecule has 2 aromatic rings. The van der Waals surface area contributed by atoms with Gasteiger partial charge in [-0.1, -0.05) is 20.8 Å². The fourth-order valence-electron chi connectivity index (χ4n) is 4.00. The number of carbonyl (C=O) groups excluding carboxylic acids is 2. The van der Waals surface area contributed by atoms with Crippen LogP contribution in [0.2, 0.25) is 0 Å². The highest BCUT2D eigenvalue weighted by Gasteiger charge is 2.42. The van der Waals surface area contributed by atoms with Crippen LogP contribution >= 0.6 is 0 Å². The molecule has 2 N–H and O–H groups in total. The molecule has 174 valence electrons. The minimum Gasteiger partial charge on any atom is -0.506 e. The molecule has 0 spiro atoms. The van der Waals surface area contributed by atoms with Crippen LogP contribution in [0.1, 0.15) is 82.0 Å². The molecule has 1 aliphatic heterocycles. The Kier molecular flexibility index (Phi) is 6.38. The molecular formula is C24H30O8. The third-order valence-electron chi connectivity index (χ3n) is 6.14. The quantitative estimate of drug-likeness (QED) is 0.390. The van der Waals surface area contributed by atoms with E-state index in [2.05, 4.69) is 0 Å². The normalized spacial score (nSPS) is 19.0. The molecule has 0 fully saturated rings. The van der Waals surface area contributed by atoms with E-state index in [0.717, 1.165) is 6.07 Å². The number of aliphatic hydroxyl groups excluding tert-OH is 1. The van der Waals surface area contributed by atoms with E-state index >= 15 is 0 Å². The summed E-state index contributed by atoms with van der Waals surface area (Å²) in [5.41, 5.74) is -1.17. The number of benzene rings is 1. The number of hydrogen-bond acceptors (Lipinski definition) is 8. The number of aromatic hydroxyl groups is 1. The molecule has 1 aromatic carbocycles. The highest BCUT2D eigenvalue weighted by molar-refractivity contribution is 6.09. The SMILES string of the molecule is CCC(C)C(=O)c1c2c(c3oc(=O)cc(C(CC)OC(C)=O)c3c1O)CC(O)C(C)(C)O2. The van der Waals surface area contributed by atoms with Crippen LogP contribution in [0.5, 0.6) is 11.5 Å². The second-order valence-electron chi connectivity index (χ2n) is 8.86. The van der Waals surface area contributed by atoms with Crippen LogP contribution in [-0.4, -0.2) is 33.7 Å². The lowest BCUT2D eigenvalue weighted by atomic mass is 9.84. The fourth-order valence-corrected chi connectivity index (χ4v) is 4.00. The molecule has 1 aliphatic rings. The van der Waals surface area contributed by atoms with Gasteiger partial charge in [-0.15, -0.1) is 0 Å². The molecule has 2 heterocycles. The van der Waals surface area contributed by atoms with Crippen molar-refractivity contribution in [1.82, 2.24) is 0 Å². The van der Waals surface area contributed by atoms with Crippen molar-refractivity contribution in [1.29, 1.82) is 0 Å². The zero-order valence-corrected chi connectivity index (χ0v) is 19.3. The Hall–Kier alpha value is -2.87. The van der Waals surface area contributed by atoms with E-state index in [1.165, 1.54) is 6.92 Å². The number of rotatable bonds is 6. The zero-order valence-electron chi connectivity index (χ0n) is 19.3. The number of phenolic OH excluding ortho intramolecular Hbond substituents is 1. The average molecular weight is 446 g/mol. The molecule has 0 aliphatic carbocycles. The monoisotopic (exact) mass is 446 g/mol. The van der Waals surface area contributed by atoms with E-state index in [1.807, 2.05) is 6.92 Å². The van der Waals surface area contributed by atoms with Gasteiger partial charge in [-0.05, 0) is 26.7 Å². The second kappa shape index (κ2) is 8.58. The van der Waals surface area contributed by atoms with E-state index in [1.54, 1.807) is 27.7 Å². The Bertz CT molecular complexity index is 1130. The minimum absolute atomic E-state index is 0.0147. The summed E-state index contributed by atoms with van der Waals surface area (Å²) in [7, 11) is 0. The van der Waals surface area contributed by atoms with Crippen molar-refractivity contribution in [3.8, 4) is 11.5 Å². The standard InChI is InChI=1S/C24H30O8/c1-7-11(3)20(28)19-21(29)18-13(15(8-2)30-12(4)25)10-17(27)31-22(18)14-9-16(26)24(5,6)32-23(14)19/h10-11,15-16,26,29H,7-9H2,1-6H3. The molecular weight excluding hydrogens is 416 g/mol. The van der Waals surface area contributed by atoms with Crippen molar-refractivity contribution in [2.75, 3.05) is 0 Å². The van der Waals surface area contributed by atoms with Gasteiger partial charge in [-0.25, -0.2) is 4.79 Å². The van der Waals surface area contributed by atoms with E-state index in [9.17, 15) is 24.6 Å². The number of carbonyl (C=O) groups is 2. The summed E-state index contributed by atoms with van der Waals surface area (Å²) in [6, 6.07) is 1.16. The van der Waals surface area contributed by atoms with Gasteiger partial charge in [-0.3, -0.25) is 9.59 Å². The predicted molar refractivity (Wildman–Crippen MR) is 117 cm³/mol. The van der Waals surface area contributed by atoms with Gasteiger partial charge < -0.3 is 24.1 Å². The number of aliphatic hydroxyl groups is 1. The maximum Gasteiger partial charge on any atom is 0.336 e. The highest BCUT2D eigenvalue weighted by Crippen LogP contribution is 2.48. The molecule has 0 amide bonds. The number of ether oxygens (including phenoxy) is 2. The molecule has 0 bridgehead atoms. The molecule has 8 heteroatoms. The Balaban J connectivity index is 2.47. The number of hydrogen-bond donors (Lipinski definition) is 2. The predicted octanol–water partition coefficient (Wildman–Crippen LogP) is 3.82. The van der Waals surface area contributed by atoms with Gasteiger partial charge in [0.25, 0.3) is 0 Å². The maximum atomic E-state index is 13.3. The maximum absolute atomic E-state index is 13.3. The van der Waals surface area contributed by atoms with E-state index in [0.29, 0.717) is 18.4 Å². The van der Waals surface area contributed by atoms with Crippen LogP contribution in [-0.2, 0) is 16.0 Å². The molecule has 32 heavy (non-hydrogen) atoms. The number of ketones is 1. The Morgan fingerprint density at radius 3 is 2.50 bits per heavy atom. The first-order valence-corrected chi connectivity index (χ1v) is 10.9. The topological polar surface area (TPSA) is 123 Å². The lowest BCUT2D eigenvalue weighted by Crippen LogP contribution is -2.47. The van der Waals surface area contributed by atoms with Crippen molar-refractivity contribution < 1.29 is 33.7 Å². The largest absolute Gasteiger partial charge is 0.506 e. The minimum atomic E-state index is -1.03. The van der Waals surface area contributed by atoms with Crippen LogP contribution in [0.15, 0.2) is 15.3 Å². The zero-order chi connectivity index (χ0) is 24.0. The second-order valence-corrected chi connectivity index (χ2v) is 8.86. The van der Waals surface area contributed by atoms with Gasteiger partial charge >= 0.3 is 11.6 Å². The highest BCUT2D eigenvalue weighted by atomic mass is 16.5. The van der Waals surface area contributed by atoms with Crippen molar-refractivity contribution in [3.05, 3.63) is 33.2 Å². The molecule has 8 nitrogen and oxygen atoms in total. The van der Waals surface area contributed by atoms with Crippen molar-refractivity contribution in [3.63, 3.8) is 0 Å². The van der Waals surface area contributed by atoms with Crippen LogP contribution in [0.25, 0.3) is 11.0 Å². The van der Waals surface area contributed by atoms with Gasteiger partial charge in [-0.2, -0.15) is 0 Å². The van der Waals surface area contributed by atoms with Crippen LogP contribution < -0.4 is 10.4 Å². The summed E-state index contributed by atoms with van der Waals surface area (Å²) in [4.78, 5) is 37.4. The Labute approximate surface area is 186 Å². The average Bonchev–Trinajstić information content (AvgIpc) is 2.71. The van der Waals surface area contributed by atoms with Crippen LogP contribution in [0, 0.1) is 5.92 Å². The number of esters is 1. The molecule has 3 atom stereocenters. The molecule has 1 aromatic heterocycles. The van der Waals surface area contributed by atoms with E-state index < -0.39 is 35.3 Å². The van der Waals surface area contributed by atoms with Gasteiger partial charge in [0.2, 0.25) is 0 Å².